The van der Waals surface area contributed by atoms with E-state index in [1.807, 2.05) is 19.3 Å². The normalized spacial score (nSPS) is 11.7. The van der Waals surface area contributed by atoms with Crippen molar-refractivity contribution in [3.63, 3.8) is 0 Å². The molecule has 2 rings (SSSR count). The predicted octanol–water partition coefficient (Wildman–Crippen LogP) is 3.41. The lowest BCUT2D eigenvalue weighted by Crippen LogP contribution is -2.35. The third-order valence-corrected chi connectivity index (χ3v) is 2.93. The van der Waals surface area contributed by atoms with Crippen LogP contribution in [0.4, 0.5) is 0 Å². The Labute approximate surface area is 120 Å². The molecule has 0 radical (unpaired) electrons. The van der Waals surface area contributed by atoms with Gasteiger partial charge in [-0.25, -0.2) is 0 Å². The summed E-state index contributed by atoms with van der Waals surface area (Å²) in [6.07, 6.45) is 3.58. The smallest absolute Gasteiger partial charge is 0.165 e. The molecule has 20 heavy (non-hydrogen) atoms. The molecule has 0 fully saturated rings. The second-order valence-corrected chi connectivity index (χ2v) is 6.17. The van der Waals surface area contributed by atoms with Gasteiger partial charge < -0.3 is 10.1 Å². The molecule has 1 N–H and O–H groups in total. The molecule has 4 heteroatoms. The van der Waals surface area contributed by atoms with Crippen molar-refractivity contribution in [1.29, 1.82) is 0 Å². The van der Waals surface area contributed by atoms with Crippen LogP contribution in [0.1, 0.15) is 31.9 Å². The number of aromatic nitrogens is 2. The summed E-state index contributed by atoms with van der Waals surface area (Å²) in [6.45, 7) is 9.34. The highest BCUT2D eigenvalue weighted by molar-refractivity contribution is 5.39. The van der Waals surface area contributed by atoms with Crippen LogP contribution in [0.5, 0.6) is 11.5 Å². The minimum absolute atomic E-state index is 0.0787. The number of benzene rings is 1. The van der Waals surface area contributed by atoms with Crippen molar-refractivity contribution < 1.29 is 4.74 Å². The maximum atomic E-state index is 5.93. The van der Waals surface area contributed by atoms with Gasteiger partial charge >= 0.3 is 0 Å². The molecule has 108 valence electrons. The summed E-state index contributed by atoms with van der Waals surface area (Å²) in [7, 11) is 1.88. The first-order chi connectivity index (χ1) is 9.33. The summed E-state index contributed by atoms with van der Waals surface area (Å²) in [6, 6.07) is 6.23. The highest BCUT2D eigenvalue weighted by Gasteiger charge is 2.12. The van der Waals surface area contributed by atoms with E-state index >= 15 is 0 Å². The summed E-state index contributed by atoms with van der Waals surface area (Å²) < 4.78 is 7.66. The molecular formula is C16H23N3O. The summed E-state index contributed by atoms with van der Waals surface area (Å²) in [5.41, 5.74) is 2.47. The van der Waals surface area contributed by atoms with Crippen LogP contribution in [0.3, 0.4) is 0 Å². The Bertz CT molecular complexity index is 582. The number of hydrogen-bond acceptors (Lipinski definition) is 3. The largest absolute Gasteiger partial charge is 0.454 e. The highest BCUT2D eigenvalue weighted by Crippen LogP contribution is 2.26. The van der Waals surface area contributed by atoms with Crippen molar-refractivity contribution in [3.8, 4) is 11.5 Å². The molecule has 1 aromatic heterocycles. The average Bonchev–Trinajstić information content (AvgIpc) is 2.74. The Morgan fingerprint density at radius 3 is 2.65 bits per heavy atom. The molecule has 0 amide bonds. The first-order valence-corrected chi connectivity index (χ1v) is 6.84. The Morgan fingerprint density at radius 1 is 1.30 bits per heavy atom. The fourth-order valence-corrected chi connectivity index (χ4v) is 1.88. The molecule has 0 saturated heterocycles. The molecule has 0 atom stereocenters. The Balaban J connectivity index is 2.19. The monoisotopic (exact) mass is 273 g/mol. The standard InChI is InChI=1S/C16H23N3O/c1-12-6-7-15(20-14-10-18-19(5)11-14)13(8-12)9-17-16(2,3)4/h6-8,10-11,17H,9H2,1-5H3. The molecule has 0 aliphatic heterocycles. The van der Waals surface area contributed by atoms with Gasteiger partial charge in [0.2, 0.25) is 0 Å². The lowest BCUT2D eigenvalue weighted by atomic mass is 10.1. The molecule has 0 unspecified atom stereocenters. The fraction of sp³-hybridized carbons (Fsp3) is 0.438. The predicted molar refractivity (Wildman–Crippen MR) is 81.1 cm³/mol. The number of rotatable bonds is 4. The number of hydrogen-bond donors (Lipinski definition) is 1. The molecule has 0 bridgehead atoms. The number of ether oxygens (including phenoxy) is 1. The molecule has 0 aliphatic rings. The molecule has 1 aromatic carbocycles. The summed E-state index contributed by atoms with van der Waals surface area (Å²) in [5.74, 6) is 1.63. The number of aryl methyl sites for hydroxylation is 2. The van der Waals surface area contributed by atoms with E-state index < -0.39 is 0 Å². The second-order valence-electron chi connectivity index (χ2n) is 6.17. The topological polar surface area (TPSA) is 39.1 Å². The molecule has 0 spiro atoms. The van der Waals surface area contributed by atoms with Gasteiger partial charge in [0.15, 0.2) is 5.75 Å². The van der Waals surface area contributed by atoms with Gasteiger partial charge in [-0.05, 0) is 33.8 Å². The zero-order valence-corrected chi connectivity index (χ0v) is 12.9. The van der Waals surface area contributed by atoms with E-state index in [1.165, 1.54) is 5.56 Å². The van der Waals surface area contributed by atoms with Crippen molar-refractivity contribution in [1.82, 2.24) is 15.1 Å². The maximum absolute atomic E-state index is 5.93. The number of nitrogens with zero attached hydrogens (tertiary/aromatic N) is 2. The van der Waals surface area contributed by atoms with Crippen LogP contribution < -0.4 is 10.1 Å². The first-order valence-electron chi connectivity index (χ1n) is 6.84. The fourth-order valence-electron chi connectivity index (χ4n) is 1.88. The third kappa shape index (κ3) is 4.10. The van der Waals surface area contributed by atoms with Crippen molar-refractivity contribution in [2.45, 2.75) is 39.8 Å². The van der Waals surface area contributed by atoms with Crippen molar-refractivity contribution in [2.75, 3.05) is 0 Å². The maximum Gasteiger partial charge on any atom is 0.165 e. The number of nitrogens with one attached hydrogen (secondary N) is 1. The molecule has 4 nitrogen and oxygen atoms in total. The van der Waals surface area contributed by atoms with Gasteiger partial charge in [-0.3, -0.25) is 4.68 Å². The molecular weight excluding hydrogens is 250 g/mol. The van der Waals surface area contributed by atoms with Crippen LogP contribution >= 0.6 is 0 Å². The minimum Gasteiger partial charge on any atom is -0.454 e. The van der Waals surface area contributed by atoms with Crippen molar-refractivity contribution in [2.24, 2.45) is 7.05 Å². The molecule has 0 saturated carbocycles. The van der Waals surface area contributed by atoms with Gasteiger partial charge in [0.25, 0.3) is 0 Å². The van der Waals surface area contributed by atoms with E-state index in [0.717, 1.165) is 23.6 Å². The average molecular weight is 273 g/mol. The van der Waals surface area contributed by atoms with E-state index in [1.54, 1.807) is 10.9 Å². The summed E-state index contributed by atoms with van der Waals surface area (Å²) >= 11 is 0. The van der Waals surface area contributed by atoms with Gasteiger partial charge in [0, 0.05) is 24.7 Å². The van der Waals surface area contributed by atoms with Gasteiger partial charge in [0.05, 0.1) is 12.4 Å². The van der Waals surface area contributed by atoms with E-state index in [-0.39, 0.29) is 5.54 Å². The third-order valence-electron chi connectivity index (χ3n) is 2.93. The summed E-state index contributed by atoms with van der Waals surface area (Å²) in [5, 5.41) is 7.62. The summed E-state index contributed by atoms with van der Waals surface area (Å²) in [4.78, 5) is 0. The minimum atomic E-state index is 0.0787. The van der Waals surface area contributed by atoms with Crippen LogP contribution in [-0.4, -0.2) is 15.3 Å². The van der Waals surface area contributed by atoms with Gasteiger partial charge in [-0.2, -0.15) is 5.10 Å². The lowest BCUT2D eigenvalue weighted by molar-refractivity contribution is 0.414. The van der Waals surface area contributed by atoms with Gasteiger partial charge in [-0.1, -0.05) is 17.7 Å². The van der Waals surface area contributed by atoms with Crippen LogP contribution in [0.15, 0.2) is 30.6 Å². The van der Waals surface area contributed by atoms with E-state index in [9.17, 15) is 0 Å². The Kier molecular flexibility index (Phi) is 4.14. The first kappa shape index (κ1) is 14.6. The quantitative estimate of drug-likeness (QED) is 0.928. The second kappa shape index (κ2) is 5.67. The zero-order chi connectivity index (χ0) is 14.8. The van der Waals surface area contributed by atoms with E-state index in [4.69, 9.17) is 4.74 Å². The highest BCUT2D eigenvalue weighted by atomic mass is 16.5. The van der Waals surface area contributed by atoms with Gasteiger partial charge in [0.1, 0.15) is 5.75 Å². The zero-order valence-electron chi connectivity index (χ0n) is 12.9. The van der Waals surface area contributed by atoms with E-state index in [2.05, 4.69) is 50.2 Å². The van der Waals surface area contributed by atoms with Crippen molar-refractivity contribution in [3.05, 3.63) is 41.7 Å². The molecule has 1 heterocycles. The van der Waals surface area contributed by atoms with Crippen molar-refractivity contribution >= 4 is 0 Å². The van der Waals surface area contributed by atoms with Crippen LogP contribution in [-0.2, 0) is 13.6 Å². The van der Waals surface area contributed by atoms with Crippen LogP contribution in [0, 0.1) is 6.92 Å². The van der Waals surface area contributed by atoms with Crippen LogP contribution in [0.25, 0.3) is 0 Å². The Hall–Kier alpha value is -1.81. The van der Waals surface area contributed by atoms with E-state index in [0.29, 0.717) is 0 Å². The SMILES string of the molecule is Cc1ccc(Oc2cnn(C)c2)c(CNC(C)(C)C)c1. The van der Waals surface area contributed by atoms with Crippen LogP contribution in [0.2, 0.25) is 0 Å². The van der Waals surface area contributed by atoms with Gasteiger partial charge in [-0.15, -0.1) is 0 Å². The Morgan fingerprint density at radius 2 is 2.05 bits per heavy atom. The molecule has 2 aromatic rings. The molecule has 0 aliphatic carbocycles. The lowest BCUT2D eigenvalue weighted by Gasteiger charge is -2.21.